The summed E-state index contributed by atoms with van der Waals surface area (Å²) in [5.74, 6) is 2.30. The number of carbonyl (C=O) groups is 2. The van der Waals surface area contributed by atoms with Gasteiger partial charge in [-0.05, 0) is 62.2 Å². The van der Waals surface area contributed by atoms with Crippen LogP contribution in [-0.4, -0.2) is 23.0 Å². The van der Waals surface area contributed by atoms with Gasteiger partial charge in [0.2, 0.25) is 5.91 Å². The summed E-state index contributed by atoms with van der Waals surface area (Å²) in [5.41, 5.74) is 0. The van der Waals surface area contributed by atoms with Crippen molar-refractivity contribution in [3.8, 4) is 0 Å². The van der Waals surface area contributed by atoms with Gasteiger partial charge in [-0.2, -0.15) is 0 Å². The van der Waals surface area contributed by atoms with E-state index in [2.05, 4.69) is 5.32 Å². The van der Waals surface area contributed by atoms with Crippen LogP contribution in [0.3, 0.4) is 0 Å². The molecule has 19 heavy (non-hydrogen) atoms. The SMILES string of the molecule is O=C(O)C1CCC(C(=O)NC2C3C4CCC(C4)C23)C1. The summed E-state index contributed by atoms with van der Waals surface area (Å²) < 4.78 is 0. The number of carboxylic acid groups (broad SMARTS) is 1. The first-order valence-electron chi connectivity index (χ1n) is 7.68. The second-order valence-corrected chi connectivity index (χ2v) is 7.07. The summed E-state index contributed by atoms with van der Waals surface area (Å²) in [5, 5.41) is 12.2. The Morgan fingerprint density at radius 2 is 1.53 bits per heavy atom. The smallest absolute Gasteiger partial charge is 0.306 e. The summed E-state index contributed by atoms with van der Waals surface area (Å²) in [6.45, 7) is 0. The monoisotopic (exact) mass is 263 g/mol. The van der Waals surface area contributed by atoms with Crippen LogP contribution in [0.4, 0.5) is 0 Å². The maximum atomic E-state index is 12.2. The number of fused-ring (bicyclic) bond motifs is 5. The number of rotatable bonds is 3. The van der Waals surface area contributed by atoms with E-state index in [0.29, 0.717) is 18.9 Å². The van der Waals surface area contributed by atoms with Crippen LogP contribution in [0.15, 0.2) is 0 Å². The van der Waals surface area contributed by atoms with Crippen LogP contribution in [-0.2, 0) is 9.59 Å². The van der Waals surface area contributed by atoms with Crippen molar-refractivity contribution >= 4 is 11.9 Å². The van der Waals surface area contributed by atoms with Crippen molar-refractivity contribution in [2.45, 2.75) is 44.6 Å². The zero-order valence-electron chi connectivity index (χ0n) is 11.0. The van der Waals surface area contributed by atoms with E-state index in [9.17, 15) is 9.59 Å². The highest BCUT2D eigenvalue weighted by Crippen LogP contribution is 2.65. The third kappa shape index (κ3) is 1.72. The molecule has 4 fully saturated rings. The lowest BCUT2D eigenvalue weighted by atomic mass is 10.0. The molecule has 0 saturated heterocycles. The highest BCUT2D eigenvalue weighted by atomic mass is 16.4. The Balaban J connectivity index is 1.33. The van der Waals surface area contributed by atoms with Crippen molar-refractivity contribution in [1.29, 1.82) is 0 Å². The Hall–Kier alpha value is -1.06. The molecule has 0 radical (unpaired) electrons. The van der Waals surface area contributed by atoms with Crippen molar-refractivity contribution in [2.75, 3.05) is 0 Å². The second-order valence-electron chi connectivity index (χ2n) is 7.07. The van der Waals surface area contributed by atoms with Crippen molar-refractivity contribution in [3.05, 3.63) is 0 Å². The van der Waals surface area contributed by atoms with Gasteiger partial charge < -0.3 is 10.4 Å². The molecule has 0 aliphatic heterocycles. The van der Waals surface area contributed by atoms with Gasteiger partial charge in [0.1, 0.15) is 0 Å². The fraction of sp³-hybridized carbons (Fsp3) is 0.867. The number of nitrogens with one attached hydrogen (secondary N) is 1. The van der Waals surface area contributed by atoms with Gasteiger partial charge in [0.15, 0.2) is 0 Å². The molecule has 104 valence electrons. The zero-order valence-corrected chi connectivity index (χ0v) is 11.0. The third-order valence-electron chi connectivity index (χ3n) is 6.20. The highest BCUT2D eigenvalue weighted by Gasteiger charge is 2.65. The molecular weight excluding hydrogens is 242 g/mol. The van der Waals surface area contributed by atoms with Crippen LogP contribution < -0.4 is 5.32 Å². The average Bonchev–Trinajstić information content (AvgIpc) is 2.87. The molecule has 0 aromatic heterocycles. The lowest BCUT2D eigenvalue weighted by molar-refractivity contribution is -0.141. The fourth-order valence-electron chi connectivity index (χ4n) is 5.24. The van der Waals surface area contributed by atoms with Crippen molar-refractivity contribution < 1.29 is 14.7 Å². The second kappa shape index (κ2) is 3.97. The molecule has 4 nitrogen and oxygen atoms in total. The molecule has 4 aliphatic carbocycles. The van der Waals surface area contributed by atoms with Crippen molar-refractivity contribution in [3.63, 3.8) is 0 Å². The molecule has 4 aliphatic rings. The van der Waals surface area contributed by atoms with Gasteiger partial charge >= 0.3 is 5.97 Å². The van der Waals surface area contributed by atoms with Gasteiger partial charge in [-0.25, -0.2) is 0 Å². The van der Waals surface area contributed by atoms with Crippen molar-refractivity contribution in [2.24, 2.45) is 35.5 Å². The Labute approximate surface area is 112 Å². The fourth-order valence-corrected chi connectivity index (χ4v) is 5.24. The number of carbonyl (C=O) groups excluding carboxylic acids is 1. The van der Waals surface area contributed by atoms with E-state index < -0.39 is 5.97 Å². The Morgan fingerprint density at radius 1 is 0.895 bits per heavy atom. The Bertz CT molecular complexity index is 419. The molecule has 2 bridgehead atoms. The Morgan fingerprint density at radius 3 is 2.11 bits per heavy atom. The predicted octanol–water partition coefficient (Wildman–Crippen LogP) is 1.65. The maximum Gasteiger partial charge on any atom is 0.306 e. The molecule has 0 heterocycles. The number of carboxylic acids is 1. The van der Waals surface area contributed by atoms with Crippen LogP contribution in [0.25, 0.3) is 0 Å². The molecular formula is C15H21NO3. The summed E-state index contributed by atoms with van der Waals surface area (Å²) in [6, 6.07) is 0.433. The van der Waals surface area contributed by atoms with E-state index >= 15 is 0 Å². The van der Waals surface area contributed by atoms with E-state index in [-0.39, 0.29) is 17.7 Å². The minimum absolute atomic E-state index is 0.0555. The molecule has 4 rings (SSSR count). The predicted molar refractivity (Wildman–Crippen MR) is 68.2 cm³/mol. The van der Waals surface area contributed by atoms with E-state index in [1.165, 1.54) is 19.3 Å². The normalized spacial score (nSPS) is 50.0. The van der Waals surface area contributed by atoms with E-state index in [0.717, 1.165) is 30.1 Å². The third-order valence-corrected chi connectivity index (χ3v) is 6.20. The minimum atomic E-state index is -0.739. The molecule has 1 amide bonds. The first kappa shape index (κ1) is 11.7. The number of hydrogen-bond donors (Lipinski definition) is 2. The first-order valence-corrected chi connectivity index (χ1v) is 7.68. The van der Waals surface area contributed by atoms with Crippen molar-refractivity contribution in [1.82, 2.24) is 5.32 Å². The molecule has 6 atom stereocenters. The van der Waals surface area contributed by atoms with Gasteiger partial charge in [-0.1, -0.05) is 0 Å². The average molecular weight is 263 g/mol. The standard InChI is InChI=1S/C15H21NO3/c17-14(9-3-4-10(6-9)15(18)19)16-13-11-7-1-2-8(5-7)12(11)13/h7-13H,1-6H2,(H,16,17)(H,18,19). The lowest BCUT2D eigenvalue weighted by Crippen LogP contribution is -2.34. The van der Waals surface area contributed by atoms with Gasteiger partial charge in [0, 0.05) is 12.0 Å². The number of hydrogen-bond acceptors (Lipinski definition) is 2. The topological polar surface area (TPSA) is 66.4 Å². The number of aliphatic carboxylic acids is 1. The lowest BCUT2D eigenvalue weighted by Gasteiger charge is -2.14. The van der Waals surface area contributed by atoms with Gasteiger partial charge in [0.05, 0.1) is 5.92 Å². The molecule has 4 heteroatoms. The van der Waals surface area contributed by atoms with E-state index in [1.54, 1.807) is 0 Å². The maximum absolute atomic E-state index is 12.2. The van der Waals surface area contributed by atoms with Gasteiger partial charge in [-0.3, -0.25) is 9.59 Å². The van der Waals surface area contributed by atoms with E-state index in [1.807, 2.05) is 0 Å². The summed E-state index contributed by atoms with van der Waals surface area (Å²) >= 11 is 0. The zero-order chi connectivity index (χ0) is 13.1. The van der Waals surface area contributed by atoms with Gasteiger partial charge in [-0.15, -0.1) is 0 Å². The molecule has 4 saturated carbocycles. The summed E-state index contributed by atoms with van der Waals surface area (Å²) in [7, 11) is 0. The molecule has 2 N–H and O–H groups in total. The van der Waals surface area contributed by atoms with Crippen LogP contribution >= 0.6 is 0 Å². The first-order chi connectivity index (χ1) is 9.15. The molecule has 0 spiro atoms. The largest absolute Gasteiger partial charge is 0.481 e. The minimum Gasteiger partial charge on any atom is -0.481 e. The number of amides is 1. The molecule has 0 aromatic rings. The summed E-state index contributed by atoms with van der Waals surface area (Å²) in [4.78, 5) is 23.2. The quantitative estimate of drug-likeness (QED) is 0.813. The van der Waals surface area contributed by atoms with E-state index in [4.69, 9.17) is 5.11 Å². The Kier molecular flexibility index (Phi) is 2.45. The van der Waals surface area contributed by atoms with Crippen LogP contribution in [0.2, 0.25) is 0 Å². The van der Waals surface area contributed by atoms with Crippen LogP contribution in [0.1, 0.15) is 38.5 Å². The highest BCUT2D eigenvalue weighted by molar-refractivity contribution is 5.81. The molecule has 0 aromatic carbocycles. The van der Waals surface area contributed by atoms with Crippen LogP contribution in [0.5, 0.6) is 0 Å². The summed E-state index contributed by atoms with van der Waals surface area (Å²) in [6.07, 6.45) is 6.07. The van der Waals surface area contributed by atoms with Gasteiger partial charge in [0.25, 0.3) is 0 Å². The molecule has 6 unspecified atom stereocenters. The van der Waals surface area contributed by atoms with Crippen LogP contribution in [0, 0.1) is 35.5 Å².